The summed E-state index contributed by atoms with van der Waals surface area (Å²) in [4.78, 5) is 26.6. The number of amides is 2. The number of hydrogen-bond acceptors (Lipinski definition) is 3. The Kier molecular flexibility index (Phi) is 6.53. The number of fused-ring (bicyclic) bond motifs is 1. The lowest BCUT2D eigenvalue weighted by Gasteiger charge is -2.19. The van der Waals surface area contributed by atoms with Crippen LogP contribution in [0.5, 0.6) is 0 Å². The number of thioether (sulfide) groups is 1. The molecule has 156 valence electrons. The standard InChI is InChI=1S/C26H24N2O2S/c1-18-9-11-20(12-10-18)16-24-26(30)28-22-17-21(13-14-23(22)31-24)25(29)27-15-5-8-19-6-3-2-4-7-19/h2-4,6-7,9-14,16-17H,5,8,15H2,1H3,(H,27,29)(H,28,30). The van der Waals surface area contributed by atoms with Gasteiger partial charge in [-0.05, 0) is 55.2 Å². The average Bonchev–Trinajstić information content (AvgIpc) is 2.79. The highest BCUT2D eigenvalue weighted by Crippen LogP contribution is 2.39. The van der Waals surface area contributed by atoms with Gasteiger partial charge in [0.15, 0.2) is 0 Å². The van der Waals surface area contributed by atoms with E-state index in [2.05, 4.69) is 22.8 Å². The van der Waals surface area contributed by atoms with E-state index in [-0.39, 0.29) is 11.8 Å². The molecule has 0 fully saturated rings. The van der Waals surface area contributed by atoms with Crippen LogP contribution in [0.15, 0.2) is 82.6 Å². The minimum Gasteiger partial charge on any atom is -0.352 e. The van der Waals surface area contributed by atoms with Gasteiger partial charge >= 0.3 is 0 Å². The lowest BCUT2D eigenvalue weighted by molar-refractivity contribution is -0.112. The molecule has 0 radical (unpaired) electrons. The van der Waals surface area contributed by atoms with Gasteiger partial charge < -0.3 is 10.6 Å². The Morgan fingerprint density at radius 1 is 1.03 bits per heavy atom. The zero-order valence-electron chi connectivity index (χ0n) is 17.4. The Morgan fingerprint density at radius 3 is 2.58 bits per heavy atom. The fraction of sp³-hybridized carbons (Fsp3) is 0.154. The van der Waals surface area contributed by atoms with Crippen LogP contribution in [0.3, 0.4) is 0 Å². The molecule has 0 atom stereocenters. The molecule has 4 nitrogen and oxygen atoms in total. The molecule has 0 spiro atoms. The van der Waals surface area contributed by atoms with Gasteiger partial charge in [0.1, 0.15) is 0 Å². The molecule has 0 bridgehead atoms. The molecule has 0 saturated carbocycles. The minimum atomic E-state index is -0.154. The van der Waals surface area contributed by atoms with Gasteiger partial charge in [-0.1, -0.05) is 71.9 Å². The summed E-state index contributed by atoms with van der Waals surface area (Å²) in [6, 6.07) is 23.7. The summed E-state index contributed by atoms with van der Waals surface area (Å²) in [5, 5.41) is 5.88. The van der Waals surface area contributed by atoms with Crippen LogP contribution in [-0.4, -0.2) is 18.4 Å². The van der Waals surface area contributed by atoms with E-state index < -0.39 is 0 Å². The van der Waals surface area contributed by atoms with Crippen molar-refractivity contribution in [1.29, 1.82) is 0 Å². The first-order valence-electron chi connectivity index (χ1n) is 10.3. The van der Waals surface area contributed by atoms with Gasteiger partial charge in [0.05, 0.1) is 10.6 Å². The second-order valence-electron chi connectivity index (χ2n) is 7.53. The quantitative estimate of drug-likeness (QED) is 0.406. The smallest absolute Gasteiger partial charge is 0.262 e. The summed E-state index contributed by atoms with van der Waals surface area (Å²) >= 11 is 1.42. The number of carbonyl (C=O) groups is 2. The second-order valence-corrected chi connectivity index (χ2v) is 8.62. The maximum absolute atomic E-state index is 12.6. The van der Waals surface area contributed by atoms with Crippen LogP contribution in [0.2, 0.25) is 0 Å². The van der Waals surface area contributed by atoms with E-state index in [0.29, 0.717) is 22.7 Å². The number of rotatable bonds is 6. The van der Waals surface area contributed by atoms with Crippen molar-refractivity contribution >= 4 is 35.3 Å². The van der Waals surface area contributed by atoms with Crippen molar-refractivity contribution in [3.8, 4) is 0 Å². The van der Waals surface area contributed by atoms with E-state index >= 15 is 0 Å². The third-order valence-electron chi connectivity index (χ3n) is 5.08. The van der Waals surface area contributed by atoms with Crippen LogP contribution in [0.4, 0.5) is 5.69 Å². The SMILES string of the molecule is Cc1ccc(C=C2Sc3ccc(C(=O)NCCCc4ccccc4)cc3NC2=O)cc1. The van der Waals surface area contributed by atoms with Crippen LogP contribution in [0.25, 0.3) is 6.08 Å². The summed E-state index contributed by atoms with van der Waals surface area (Å²) < 4.78 is 0. The molecular weight excluding hydrogens is 404 g/mol. The summed E-state index contributed by atoms with van der Waals surface area (Å²) in [6.07, 6.45) is 3.68. The number of benzene rings is 3. The largest absolute Gasteiger partial charge is 0.352 e. The Hall–Kier alpha value is -3.31. The number of aryl methyl sites for hydroxylation is 2. The van der Waals surface area contributed by atoms with Crippen molar-refractivity contribution < 1.29 is 9.59 Å². The molecule has 5 heteroatoms. The highest BCUT2D eigenvalue weighted by Gasteiger charge is 2.22. The van der Waals surface area contributed by atoms with Crippen LogP contribution in [0, 0.1) is 6.92 Å². The molecule has 1 heterocycles. The zero-order valence-corrected chi connectivity index (χ0v) is 18.2. The predicted molar refractivity (Wildman–Crippen MR) is 127 cm³/mol. The number of anilines is 1. The van der Waals surface area contributed by atoms with Crippen molar-refractivity contribution in [2.24, 2.45) is 0 Å². The molecule has 3 aromatic carbocycles. The third-order valence-corrected chi connectivity index (χ3v) is 6.18. The first kappa shape index (κ1) is 20.9. The third kappa shape index (κ3) is 5.44. The Morgan fingerprint density at radius 2 is 1.81 bits per heavy atom. The molecular formula is C26H24N2O2S. The second kappa shape index (κ2) is 9.67. The summed E-state index contributed by atoms with van der Waals surface area (Å²) in [6.45, 7) is 2.64. The van der Waals surface area contributed by atoms with Gasteiger partial charge in [-0.3, -0.25) is 9.59 Å². The van der Waals surface area contributed by atoms with Crippen molar-refractivity contribution in [2.75, 3.05) is 11.9 Å². The number of nitrogens with one attached hydrogen (secondary N) is 2. The predicted octanol–water partition coefficient (Wildman–Crippen LogP) is 5.44. The van der Waals surface area contributed by atoms with Crippen molar-refractivity contribution in [3.63, 3.8) is 0 Å². The molecule has 0 aromatic heterocycles. The lowest BCUT2D eigenvalue weighted by atomic mass is 10.1. The van der Waals surface area contributed by atoms with E-state index in [0.717, 1.165) is 23.3 Å². The Labute approximate surface area is 186 Å². The van der Waals surface area contributed by atoms with Gasteiger partial charge in [0.25, 0.3) is 11.8 Å². The minimum absolute atomic E-state index is 0.129. The molecule has 1 aliphatic heterocycles. The number of carbonyl (C=O) groups excluding carboxylic acids is 2. The number of hydrogen-bond donors (Lipinski definition) is 2. The molecule has 0 saturated heterocycles. The van der Waals surface area contributed by atoms with Gasteiger partial charge in [0.2, 0.25) is 0 Å². The zero-order chi connectivity index (χ0) is 21.6. The Bertz CT molecular complexity index is 1120. The molecule has 2 N–H and O–H groups in total. The van der Waals surface area contributed by atoms with E-state index in [1.54, 1.807) is 12.1 Å². The maximum atomic E-state index is 12.6. The van der Waals surface area contributed by atoms with Crippen LogP contribution in [0.1, 0.15) is 33.5 Å². The highest BCUT2D eigenvalue weighted by atomic mass is 32.2. The van der Waals surface area contributed by atoms with Crippen LogP contribution >= 0.6 is 11.8 Å². The van der Waals surface area contributed by atoms with Crippen molar-refractivity contribution in [2.45, 2.75) is 24.7 Å². The summed E-state index contributed by atoms with van der Waals surface area (Å²) in [5.74, 6) is -0.283. The van der Waals surface area contributed by atoms with Gasteiger partial charge in [-0.2, -0.15) is 0 Å². The van der Waals surface area contributed by atoms with Crippen LogP contribution < -0.4 is 10.6 Å². The van der Waals surface area contributed by atoms with Crippen molar-refractivity contribution in [3.05, 3.63) is 100.0 Å². The monoisotopic (exact) mass is 428 g/mol. The fourth-order valence-electron chi connectivity index (χ4n) is 3.36. The van der Waals surface area contributed by atoms with Gasteiger partial charge in [-0.15, -0.1) is 0 Å². The average molecular weight is 429 g/mol. The maximum Gasteiger partial charge on any atom is 0.262 e. The highest BCUT2D eigenvalue weighted by molar-refractivity contribution is 8.04. The Balaban J connectivity index is 1.37. The van der Waals surface area contributed by atoms with E-state index in [9.17, 15) is 9.59 Å². The van der Waals surface area contributed by atoms with Crippen molar-refractivity contribution in [1.82, 2.24) is 5.32 Å². The van der Waals surface area contributed by atoms with Gasteiger partial charge in [0, 0.05) is 17.0 Å². The molecule has 0 aliphatic carbocycles. The molecule has 3 aromatic rings. The summed E-state index contributed by atoms with van der Waals surface area (Å²) in [7, 11) is 0. The molecule has 31 heavy (non-hydrogen) atoms. The van der Waals surface area contributed by atoms with E-state index in [4.69, 9.17) is 0 Å². The first-order valence-corrected chi connectivity index (χ1v) is 11.1. The van der Waals surface area contributed by atoms with Gasteiger partial charge in [-0.25, -0.2) is 0 Å². The molecule has 2 amide bonds. The van der Waals surface area contributed by atoms with Crippen LogP contribution in [-0.2, 0) is 11.2 Å². The topological polar surface area (TPSA) is 58.2 Å². The molecule has 4 rings (SSSR count). The van der Waals surface area contributed by atoms with E-state index in [1.165, 1.54) is 22.9 Å². The fourth-order valence-corrected chi connectivity index (χ4v) is 4.29. The first-order chi connectivity index (χ1) is 15.1. The normalized spacial score (nSPS) is 14.1. The van der Waals surface area contributed by atoms with E-state index in [1.807, 2.05) is 61.5 Å². The molecule has 1 aliphatic rings. The lowest BCUT2D eigenvalue weighted by Crippen LogP contribution is -2.25. The summed E-state index contributed by atoms with van der Waals surface area (Å²) in [5.41, 5.74) is 4.65. The molecule has 0 unspecified atom stereocenters.